The van der Waals surface area contributed by atoms with Gasteiger partial charge in [-0.15, -0.1) is 0 Å². The Morgan fingerprint density at radius 1 is 1.00 bits per heavy atom. The van der Waals surface area contributed by atoms with Crippen molar-refractivity contribution < 1.29 is 8.78 Å². The summed E-state index contributed by atoms with van der Waals surface area (Å²) in [6.45, 7) is 1.93. The molecule has 2 aromatic carbocycles. The summed E-state index contributed by atoms with van der Waals surface area (Å²) in [5.41, 5.74) is 2.46. The van der Waals surface area contributed by atoms with Crippen molar-refractivity contribution in [2.75, 3.05) is 10.6 Å². The van der Waals surface area contributed by atoms with Gasteiger partial charge in [0.1, 0.15) is 17.5 Å². The highest BCUT2D eigenvalue weighted by molar-refractivity contribution is 5.91. The number of rotatable bonds is 6. The summed E-state index contributed by atoms with van der Waals surface area (Å²) in [5, 5.41) is 14.5. The van der Waals surface area contributed by atoms with Crippen LogP contribution in [0.3, 0.4) is 0 Å². The van der Waals surface area contributed by atoms with Gasteiger partial charge in [-0.3, -0.25) is 5.10 Å². The first-order valence-electron chi connectivity index (χ1n) is 9.87. The van der Waals surface area contributed by atoms with E-state index in [4.69, 9.17) is 0 Å². The molecule has 0 amide bonds. The molecule has 30 heavy (non-hydrogen) atoms. The SMILES string of the molecule is C[C@H](Nc1nc(Nc2cc(C3CC3)[nH]n2)c2ccc(F)cc2n1)c1ccc(F)cc1. The maximum Gasteiger partial charge on any atom is 0.225 e. The fraction of sp³-hybridized carbons (Fsp3) is 0.227. The maximum atomic E-state index is 13.8. The quantitative estimate of drug-likeness (QED) is 0.398. The van der Waals surface area contributed by atoms with Crippen LogP contribution in [0.5, 0.6) is 0 Å². The summed E-state index contributed by atoms with van der Waals surface area (Å²) in [6.07, 6.45) is 2.35. The van der Waals surface area contributed by atoms with E-state index in [0.717, 1.165) is 11.3 Å². The van der Waals surface area contributed by atoms with E-state index in [0.29, 0.717) is 34.4 Å². The van der Waals surface area contributed by atoms with Gasteiger partial charge in [-0.2, -0.15) is 10.1 Å². The Morgan fingerprint density at radius 2 is 1.77 bits per heavy atom. The molecule has 152 valence electrons. The fourth-order valence-corrected chi connectivity index (χ4v) is 3.42. The van der Waals surface area contributed by atoms with Crippen molar-refractivity contribution in [3.8, 4) is 0 Å². The van der Waals surface area contributed by atoms with Gasteiger partial charge in [0.05, 0.1) is 11.6 Å². The van der Waals surface area contributed by atoms with Gasteiger partial charge in [0.2, 0.25) is 5.95 Å². The topological polar surface area (TPSA) is 78.5 Å². The molecular weight excluding hydrogens is 386 g/mol. The summed E-state index contributed by atoms with van der Waals surface area (Å²) in [7, 11) is 0. The summed E-state index contributed by atoms with van der Waals surface area (Å²) in [5.74, 6) is 1.41. The summed E-state index contributed by atoms with van der Waals surface area (Å²) < 4.78 is 27.0. The number of hydrogen-bond acceptors (Lipinski definition) is 5. The Hall–Kier alpha value is -3.55. The lowest BCUT2D eigenvalue weighted by molar-refractivity contribution is 0.626. The first-order valence-corrected chi connectivity index (χ1v) is 9.87. The summed E-state index contributed by atoms with van der Waals surface area (Å²) in [6, 6.07) is 12.4. The highest BCUT2D eigenvalue weighted by Gasteiger charge is 2.25. The molecule has 1 aliphatic carbocycles. The molecule has 0 saturated heterocycles. The van der Waals surface area contributed by atoms with Crippen molar-refractivity contribution >= 4 is 28.5 Å². The van der Waals surface area contributed by atoms with Crippen molar-refractivity contribution in [2.24, 2.45) is 0 Å². The molecule has 6 nitrogen and oxygen atoms in total. The number of hydrogen-bond donors (Lipinski definition) is 3. The van der Waals surface area contributed by atoms with E-state index < -0.39 is 0 Å². The molecule has 1 atom stereocenters. The summed E-state index contributed by atoms with van der Waals surface area (Å²) >= 11 is 0. The van der Waals surface area contributed by atoms with E-state index in [1.165, 1.54) is 37.1 Å². The second-order valence-electron chi connectivity index (χ2n) is 7.58. The summed E-state index contributed by atoms with van der Waals surface area (Å²) in [4.78, 5) is 9.06. The van der Waals surface area contributed by atoms with Crippen LogP contribution in [0.2, 0.25) is 0 Å². The molecule has 0 radical (unpaired) electrons. The number of nitrogens with zero attached hydrogens (tertiary/aromatic N) is 3. The van der Waals surface area contributed by atoms with Crippen LogP contribution in [-0.4, -0.2) is 20.2 Å². The number of nitrogens with one attached hydrogen (secondary N) is 3. The van der Waals surface area contributed by atoms with Crippen molar-refractivity contribution in [3.63, 3.8) is 0 Å². The molecule has 0 bridgehead atoms. The molecule has 3 N–H and O–H groups in total. The molecule has 2 heterocycles. The lowest BCUT2D eigenvalue weighted by atomic mass is 10.1. The molecule has 1 aliphatic rings. The largest absolute Gasteiger partial charge is 0.348 e. The molecule has 8 heteroatoms. The normalized spacial score (nSPS) is 14.6. The van der Waals surface area contributed by atoms with Crippen molar-refractivity contribution in [3.05, 3.63) is 71.4 Å². The Kier molecular flexibility index (Phi) is 4.54. The third-order valence-electron chi connectivity index (χ3n) is 5.24. The minimum Gasteiger partial charge on any atom is -0.348 e. The molecule has 5 rings (SSSR count). The van der Waals surface area contributed by atoms with Gasteiger partial charge < -0.3 is 10.6 Å². The number of H-pyrrole nitrogens is 1. The predicted octanol–water partition coefficient (Wildman–Crippen LogP) is 5.43. The van der Waals surface area contributed by atoms with E-state index >= 15 is 0 Å². The monoisotopic (exact) mass is 406 g/mol. The highest BCUT2D eigenvalue weighted by atomic mass is 19.1. The molecule has 0 unspecified atom stereocenters. The third-order valence-corrected chi connectivity index (χ3v) is 5.24. The van der Waals surface area contributed by atoms with Gasteiger partial charge >= 0.3 is 0 Å². The standard InChI is InChI=1S/C22H20F2N6/c1-12(13-4-6-15(23)7-5-13)25-22-26-19-10-16(24)8-9-17(19)21(28-22)27-20-11-18(29-30-20)14-2-3-14/h4-12,14H,2-3H2,1H3,(H3,25,26,27,28,29,30)/t12-/m0/s1. The van der Waals surface area contributed by atoms with E-state index in [2.05, 4.69) is 30.8 Å². The van der Waals surface area contributed by atoms with E-state index in [1.54, 1.807) is 18.2 Å². The van der Waals surface area contributed by atoms with Crippen molar-refractivity contribution in [1.82, 2.24) is 20.2 Å². The van der Waals surface area contributed by atoms with Crippen LogP contribution in [0.25, 0.3) is 10.9 Å². The van der Waals surface area contributed by atoms with Gasteiger partial charge in [0, 0.05) is 29.1 Å². The van der Waals surface area contributed by atoms with Crippen LogP contribution in [0, 0.1) is 11.6 Å². The van der Waals surface area contributed by atoms with E-state index in [9.17, 15) is 8.78 Å². The molecule has 2 aromatic heterocycles. The van der Waals surface area contributed by atoms with Crippen LogP contribution < -0.4 is 10.6 Å². The third kappa shape index (κ3) is 3.80. The molecule has 0 spiro atoms. The number of aromatic nitrogens is 4. The van der Waals surface area contributed by atoms with Gasteiger partial charge in [0.25, 0.3) is 0 Å². The second kappa shape index (κ2) is 7.37. The van der Waals surface area contributed by atoms with E-state index in [-0.39, 0.29) is 17.7 Å². The van der Waals surface area contributed by atoms with Crippen LogP contribution in [0.4, 0.5) is 26.4 Å². The first-order chi connectivity index (χ1) is 14.5. The number of halogens is 2. The molecule has 1 fully saturated rings. The Labute approximate surface area is 171 Å². The Balaban J connectivity index is 1.47. The number of aromatic amines is 1. The van der Waals surface area contributed by atoms with E-state index in [1.807, 2.05) is 13.0 Å². The average molecular weight is 406 g/mol. The zero-order valence-electron chi connectivity index (χ0n) is 16.3. The smallest absolute Gasteiger partial charge is 0.225 e. The number of fused-ring (bicyclic) bond motifs is 1. The lowest BCUT2D eigenvalue weighted by Gasteiger charge is -2.16. The molecule has 0 aliphatic heterocycles. The second-order valence-corrected chi connectivity index (χ2v) is 7.58. The number of anilines is 3. The van der Waals surface area contributed by atoms with Gasteiger partial charge in [-0.05, 0) is 49.6 Å². The van der Waals surface area contributed by atoms with Crippen LogP contribution in [-0.2, 0) is 0 Å². The van der Waals surface area contributed by atoms with Gasteiger partial charge in [-0.1, -0.05) is 12.1 Å². The van der Waals surface area contributed by atoms with Crippen LogP contribution in [0.1, 0.15) is 43.0 Å². The van der Waals surface area contributed by atoms with Crippen LogP contribution >= 0.6 is 0 Å². The Morgan fingerprint density at radius 3 is 2.53 bits per heavy atom. The zero-order chi connectivity index (χ0) is 20.7. The van der Waals surface area contributed by atoms with Crippen molar-refractivity contribution in [2.45, 2.75) is 31.7 Å². The molecule has 4 aromatic rings. The van der Waals surface area contributed by atoms with Crippen LogP contribution in [0.15, 0.2) is 48.5 Å². The molecule has 1 saturated carbocycles. The van der Waals surface area contributed by atoms with Gasteiger partial charge in [-0.25, -0.2) is 13.8 Å². The lowest BCUT2D eigenvalue weighted by Crippen LogP contribution is -2.11. The molecular formula is C22H20F2N6. The zero-order valence-corrected chi connectivity index (χ0v) is 16.3. The maximum absolute atomic E-state index is 13.8. The first kappa shape index (κ1) is 18.5. The number of benzene rings is 2. The predicted molar refractivity (Wildman–Crippen MR) is 112 cm³/mol. The fourth-order valence-electron chi connectivity index (χ4n) is 3.42. The Bertz CT molecular complexity index is 1200. The van der Waals surface area contributed by atoms with Crippen molar-refractivity contribution in [1.29, 1.82) is 0 Å². The van der Waals surface area contributed by atoms with Gasteiger partial charge in [0.15, 0.2) is 5.82 Å². The minimum atomic E-state index is -0.375. The minimum absolute atomic E-state index is 0.170. The highest BCUT2D eigenvalue weighted by Crippen LogP contribution is 2.40. The average Bonchev–Trinajstić information content (AvgIpc) is 3.47.